The molecule has 1 aliphatic heterocycles. The number of carboxylic acids is 1. The Balaban J connectivity index is 2.08. The molecule has 0 atom stereocenters. The number of nitrogens with zero attached hydrogens (tertiary/aromatic N) is 1. The SMILES string of the molecule is CCCN1CCC(NC(=O)NCCCC(=O)O)CC1. The average Bonchev–Trinajstić information content (AvgIpc) is 2.37. The van der Waals surface area contributed by atoms with Crippen LogP contribution in [-0.2, 0) is 4.79 Å². The molecule has 0 spiro atoms. The third kappa shape index (κ3) is 7.00. The van der Waals surface area contributed by atoms with Crippen molar-refractivity contribution in [3.05, 3.63) is 0 Å². The maximum Gasteiger partial charge on any atom is 0.315 e. The number of carboxylic acid groups (broad SMARTS) is 1. The number of carbonyl (C=O) groups is 2. The van der Waals surface area contributed by atoms with E-state index in [2.05, 4.69) is 22.5 Å². The first-order chi connectivity index (χ1) is 9.11. The fraction of sp³-hybridized carbons (Fsp3) is 0.846. The van der Waals surface area contributed by atoms with Crippen molar-refractivity contribution in [1.82, 2.24) is 15.5 Å². The molecule has 110 valence electrons. The Bertz CT molecular complexity index is 289. The van der Waals surface area contributed by atoms with Gasteiger partial charge in [-0.15, -0.1) is 0 Å². The third-order valence-electron chi connectivity index (χ3n) is 3.32. The summed E-state index contributed by atoms with van der Waals surface area (Å²) in [5.41, 5.74) is 0. The maximum absolute atomic E-state index is 11.6. The van der Waals surface area contributed by atoms with Crippen LogP contribution in [0.5, 0.6) is 0 Å². The van der Waals surface area contributed by atoms with Crippen LogP contribution in [-0.4, -0.2) is 54.2 Å². The van der Waals surface area contributed by atoms with E-state index in [-0.39, 0.29) is 18.5 Å². The topological polar surface area (TPSA) is 81.7 Å². The number of rotatable bonds is 7. The van der Waals surface area contributed by atoms with Gasteiger partial charge in [-0.1, -0.05) is 6.92 Å². The van der Waals surface area contributed by atoms with E-state index in [1.807, 2.05) is 0 Å². The van der Waals surface area contributed by atoms with E-state index in [1.54, 1.807) is 0 Å². The Labute approximate surface area is 114 Å². The predicted molar refractivity (Wildman–Crippen MR) is 73.2 cm³/mol. The van der Waals surface area contributed by atoms with E-state index in [1.165, 1.54) is 6.42 Å². The van der Waals surface area contributed by atoms with Crippen molar-refractivity contribution >= 4 is 12.0 Å². The highest BCUT2D eigenvalue weighted by Crippen LogP contribution is 2.10. The first-order valence-corrected chi connectivity index (χ1v) is 7.10. The second-order valence-corrected chi connectivity index (χ2v) is 5.01. The van der Waals surface area contributed by atoms with Gasteiger partial charge < -0.3 is 20.6 Å². The molecular weight excluding hydrogens is 246 g/mol. The van der Waals surface area contributed by atoms with E-state index in [0.717, 1.165) is 32.5 Å². The lowest BCUT2D eigenvalue weighted by Crippen LogP contribution is -2.48. The zero-order valence-corrected chi connectivity index (χ0v) is 11.7. The number of urea groups is 1. The molecule has 19 heavy (non-hydrogen) atoms. The second-order valence-electron chi connectivity index (χ2n) is 5.01. The summed E-state index contributed by atoms with van der Waals surface area (Å²) in [5, 5.41) is 14.1. The maximum atomic E-state index is 11.6. The first kappa shape index (κ1) is 15.8. The molecule has 3 N–H and O–H groups in total. The normalized spacial score (nSPS) is 17.1. The van der Waals surface area contributed by atoms with E-state index >= 15 is 0 Å². The average molecular weight is 271 g/mol. The van der Waals surface area contributed by atoms with Gasteiger partial charge >= 0.3 is 12.0 Å². The van der Waals surface area contributed by atoms with Gasteiger partial charge in [0.2, 0.25) is 0 Å². The fourth-order valence-electron chi connectivity index (χ4n) is 2.30. The monoisotopic (exact) mass is 271 g/mol. The number of aliphatic carboxylic acids is 1. The number of nitrogens with one attached hydrogen (secondary N) is 2. The molecule has 0 aromatic rings. The molecule has 1 heterocycles. The zero-order valence-electron chi connectivity index (χ0n) is 11.7. The quantitative estimate of drug-likeness (QED) is 0.604. The summed E-state index contributed by atoms with van der Waals surface area (Å²) >= 11 is 0. The van der Waals surface area contributed by atoms with E-state index in [9.17, 15) is 9.59 Å². The zero-order chi connectivity index (χ0) is 14.1. The molecule has 0 aromatic carbocycles. The van der Waals surface area contributed by atoms with Crippen molar-refractivity contribution in [3.8, 4) is 0 Å². The van der Waals surface area contributed by atoms with E-state index in [0.29, 0.717) is 13.0 Å². The van der Waals surface area contributed by atoms with Crippen LogP contribution in [0.1, 0.15) is 39.0 Å². The molecule has 1 saturated heterocycles. The Morgan fingerprint density at radius 2 is 2.00 bits per heavy atom. The molecule has 1 aliphatic rings. The van der Waals surface area contributed by atoms with Crippen LogP contribution in [0.2, 0.25) is 0 Å². The van der Waals surface area contributed by atoms with Crippen molar-refractivity contribution in [1.29, 1.82) is 0 Å². The van der Waals surface area contributed by atoms with Crippen LogP contribution in [0.25, 0.3) is 0 Å². The van der Waals surface area contributed by atoms with Gasteiger partial charge in [0.25, 0.3) is 0 Å². The summed E-state index contributed by atoms with van der Waals surface area (Å²) in [5.74, 6) is -0.828. The van der Waals surface area contributed by atoms with Gasteiger partial charge in [0, 0.05) is 32.1 Å². The minimum Gasteiger partial charge on any atom is -0.481 e. The van der Waals surface area contributed by atoms with Crippen molar-refractivity contribution < 1.29 is 14.7 Å². The highest BCUT2D eigenvalue weighted by atomic mass is 16.4. The molecule has 6 heteroatoms. The van der Waals surface area contributed by atoms with Crippen molar-refractivity contribution in [2.75, 3.05) is 26.2 Å². The molecule has 0 aliphatic carbocycles. The molecule has 0 radical (unpaired) electrons. The lowest BCUT2D eigenvalue weighted by molar-refractivity contribution is -0.137. The van der Waals surface area contributed by atoms with Gasteiger partial charge in [0.05, 0.1) is 0 Å². The third-order valence-corrected chi connectivity index (χ3v) is 3.32. The lowest BCUT2D eigenvalue weighted by Gasteiger charge is -2.32. The number of carbonyl (C=O) groups excluding carboxylic acids is 1. The molecule has 0 saturated carbocycles. The van der Waals surface area contributed by atoms with Crippen molar-refractivity contribution in [2.24, 2.45) is 0 Å². The molecular formula is C13H25N3O3. The van der Waals surface area contributed by atoms with Crippen molar-refractivity contribution in [3.63, 3.8) is 0 Å². The van der Waals surface area contributed by atoms with Gasteiger partial charge in [-0.05, 0) is 32.2 Å². The molecule has 2 amide bonds. The number of piperidine rings is 1. The standard InChI is InChI=1S/C13H25N3O3/c1-2-8-16-9-5-11(6-10-16)15-13(19)14-7-3-4-12(17)18/h11H,2-10H2,1H3,(H,17,18)(H2,14,15,19). The summed E-state index contributed by atoms with van der Waals surface area (Å²) in [6.45, 7) is 5.80. The van der Waals surface area contributed by atoms with Crippen LogP contribution in [0.3, 0.4) is 0 Å². The van der Waals surface area contributed by atoms with Crippen molar-refractivity contribution in [2.45, 2.75) is 45.1 Å². The molecule has 1 rings (SSSR count). The first-order valence-electron chi connectivity index (χ1n) is 7.10. The number of hydrogen-bond donors (Lipinski definition) is 3. The largest absolute Gasteiger partial charge is 0.481 e. The van der Waals surface area contributed by atoms with Gasteiger partial charge in [-0.25, -0.2) is 4.79 Å². The molecule has 0 unspecified atom stereocenters. The lowest BCUT2D eigenvalue weighted by atomic mass is 10.1. The van der Waals surface area contributed by atoms with Crippen LogP contribution in [0.15, 0.2) is 0 Å². The Morgan fingerprint density at radius 1 is 1.32 bits per heavy atom. The summed E-state index contributed by atoms with van der Waals surface area (Å²) in [6.07, 6.45) is 3.71. The smallest absolute Gasteiger partial charge is 0.315 e. The van der Waals surface area contributed by atoms with Crippen LogP contribution >= 0.6 is 0 Å². The van der Waals surface area contributed by atoms with Gasteiger partial charge in [-0.2, -0.15) is 0 Å². The van der Waals surface area contributed by atoms with E-state index < -0.39 is 5.97 Å². The minimum absolute atomic E-state index is 0.0929. The Hall–Kier alpha value is -1.30. The number of hydrogen-bond acceptors (Lipinski definition) is 3. The van der Waals surface area contributed by atoms with Crippen LogP contribution in [0.4, 0.5) is 4.79 Å². The molecule has 0 aromatic heterocycles. The molecule has 1 fully saturated rings. The fourth-order valence-corrected chi connectivity index (χ4v) is 2.30. The summed E-state index contributed by atoms with van der Waals surface area (Å²) in [4.78, 5) is 24.3. The van der Waals surface area contributed by atoms with Gasteiger partial charge in [0.1, 0.15) is 0 Å². The van der Waals surface area contributed by atoms with Gasteiger partial charge in [0.15, 0.2) is 0 Å². The number of amides is 2. The highest BCUT2D eigenvalue weighted by molar-refractivity contribution is 5.74. The predicted octanol–water partition coefficient (Wildman–Crippen LogP) is 1.02. The van der Waals surface area contributed by atoms with Gasteiger partial charge in [-0.3, -0.25) is 4.79 Å². The molecule has 6 nitrogen and oxygen atoms in total. The highest BCUT2D eigenvalue weighted by Gasteiger charge is 2.19. The van der Waals surface area contributed by atoms with Crippen LogP contribution < -0.4 is 10.6 Å². The summed E-state index contributed by atoms with van der Waals surface area (Å²) < 4.78 is 0. The van der Waals surface area contributed by atoms with Crippen LogP contribution in [0, 0.1) is 0 Å². The minimum atomic E-state index is -0.828. The van der Waals surface area contributed by atoms with E-state index in [4.69, 9.17) is 5.11 Å². The Kier molecular flexibility index (Phi) is 7.25. The number of likely N-dealkylation sites (tertiary alicyclic amines) is 1. The Morgan fingerprint density at radius 3 is 2.58 bits per heavy atom. The second kappa shape index (κ2) is 8.74. The molecule has 0 bridgehead atoms. The summed E-state index contributed by atoms with van der Waals surface area (Å²) in [7, 11) is 0. The summed E-state index contributed by atoms with van der Waals surface area (Å²) in [6, 6.07) is 0.0620.